The molecule has 6 heteroatoms. The van der Waals surface area contributed by atoms with Gasteiger partial charge in [0.15, 0.2) is 0 Å². The zero-order valence-electron chi connectivity index (χ0n) is 7.79. The summed E-state index contributed by atoms with van der Waals surface area (Å²) in [6.45, 7) is 0.223. The van der Waals surface area contributed by atoms with Crippen molar-refractivity contribution in [3.05, 3.63) is 40.0 Å². The predicted molar refractivity (Wildman–Crippen MR) is 51.0 cm³/mol. The Kier molecular flexibility index (Phi) is 3.87. The normalized spacial score (nSPS) is 11.9. The number of azide groups is 1. The van der Waals surface area contributed by atoms with Crippen molar-refractivity contribution >= 4 is 0 Å². The van der Waals surface area contributed by atoms with Crippen LogP contribution in [0.4, 0.5) is 0 Å². The number of hydrogen-bond donors (Lipinski definition) is 1. The van der Waals surface area contributed by atoms with Crippen molar-refractivity contribution in [2.45, 2.75) is 12.8 Å². The fraction of sp³-hybridized carbons (Fsp3) is 0.375. The van der Waals surface area contributed by atoms with Gasteiger partial charge in [0, 0.05) is 17.7 Å². The molecule has 0 unspecified atom stereocenters. The average molecular weight is 193 g/mol. The largest absolute Gasteiger partial charge is 0.361 e. The number of ether oxygens (including phenoxy) is 1. The van der Waals surface area contributed by atoms with Gasteiger partial charge in [0.2, 0.25) is 0 Å². The van der Waals surface area contributed by atoms with Gasteiger partial charge in [-0.25, -0.2) is 0 Å². The van der Waals surface area contributed by atoms with E-state index in [-0.39, 0.29) is 6.54 Å². The Hall–Kier alpha value is -1.62. The summed E-state index contributed by atoms with van der Waals surface area (Å²) in [5, 5.41) is 3.40. The van der Waals surface area contributed by atoms with Crippen molar-refractivity contribution in [1.29, 1.82) is 0 Å². The van der Waals surface area contributed by atoms with Crippen LogP contribution in [0.3, 0.4) is 0 Å². The number of nitrogens with two attached hydrogens (primary N) is 1. The van der Waals surface area contributed by atoms with Crippen LogP contribution in [0.1, 0.15) is 17.6 Å². The highest BCUT2D eigenvalue weighted by molar-refractivity contribution is 5.12. The number of hydrogen-bond acceptors (Lipinski definition) is 4. The maximum absolute atomic E-state index is 8.13. The van der Waals surface area contributed by atoms with Gasteiger partial charge in [-0.05, 0) is 17.7 Å². The van der Waals surface area contributed by atoms with Gasteiger partial charge in [-0.2, -0.15) is 0 Å². The summed E-state index contributed by atoms with van der Waals surface area (Å²) in [6, 6.07) is 5.32. The standard InChI is InChI=1S/C8H11N5O/c1-14-8(9)7-4-2-3-6(12-7)5-11-13-10/h2-4,8H,5,9H2,1H3/t8-/m1/s1. The van der Waals surface area contributed by atoms with E-state index in [0.29, 0.717) is 11.4 Å². The molecule has 1 rings (SSSR count). The van der Waals surface area contributed by atoms with Crippen LogP contribution in [0.2, 0.25) is 0 Å². The lowest BCUT2D eigenvalue weighted by Crippen LogP contribution is -2.14. The van der Waals surface area contributed by atoms with Gasteiger partial charge < -0.3 is 10.5 Å². The van der Waals surface area contributed by atoms with Crippen LogP contribution in [-0.4, -0.2) is 12.1 Å². The third-order valence-corrected chi connectivity index (χ3v) is 1.67. The molecule has 1 heterocycles. The van der Waals surface area contributed by atoms with Gasteiger partial charge in [0.1, 0.15) is 6.23 Å². The molecule has 0 amide bonds. The van der Waals surface area contributed by atoms with Crippen molar-refractivity contribution in [1.82, 2.24) is 4.98 Å². The summed E-state index contributed by atoms with van der Waals surface area (Å²) in [4.78, 5) is 6.81. The SMILES string of the molecule is CO[C@@H](N)c1cccc(CN=[N+]=[N-])n1. The van der Waals surface area contributed by atoms with E-state index >= 15 is 0 Å². The van der Waals surface area contributed by atoms with Crippen LogP contribution in [-0.2, 0) is 11.3 Å². The van der Waals surface area contributed by atoms with E-state index < -0.39 is 6.23 Å². The Morgan fingerprint density at radius 1 is 1.71 bits per heavy atom. The van der Waals surface area contributed by atoms with Crippen molar-refractivity contribution in [2.24, 2.45) is 10.8 Å². The molecule has 0 aromatic carbocycles. The zero-order valence-corrected chi connectivity index (χ0v) is 7.79. The van der Waals surface area contributed by atoms with E-state index in [2.05, 4.69) is 15.0 Å². The van der Waals surface area contributed by atoms with E-state index in [4.69, 9.17) is 16.0 Å². The van der Waals surface area contributed by atoms with Gasteiger partial charge >= 0.3 is 0 Å². The molecule has 0 saturated carbocycles. The fourth-order valence-corrected chi connectivity index (χ4v) is 0.969. The fourth-order valence-electron chi connectivity index (χ4n) is 0.969. The molecule has 1 aromatic heterocycles. The van der Waals surface area contributed by atoms with Crippen molar-refractivity contribution in [2.75, 3.05) is 7.11 Å². The Bertz CT molecular complexity index is 347. The Morgan fingerprint density at radius 2 is 2.50 bits per heavy atom. The molecule has 0 aliphatic heterocycles. The highest BCUT2D eigenvalue weighted by Crippen LogP contribution is 2.08. The number of nitrogens with zero attached hydrogens (tertiary/aromatic N) is 4. The quantitative estimate of drug-likeness (QED) is 0.339. The molecule has 0 radical (unpaired) electrons. The van der Waals surface area contributed by atoms with Gasteiger partial charge in [-0.15, -0.1) is 0 Å². The minimum Gasteiger partial charge on any atom is -0.361 e. The third kappa shape index (κ3) is 2.70. The van der Waals surface area contributed by atoms with Gasteiger partial charge in [0.25, 0.3) is 0 Å². The van der Waals surface area contributed by atoms with Crippen LogP contribution in [0.5, 0.6) is 0 Å². The Labute approximate surface area is 81.3 Å². The summed E-state index contributed by atoms with van der Waals surface area (Å²) in [6.07, 6.45) is -0.541. The topological polar surface area (TPSA) is 96.9 Å². The summed E-state index contributed by atoms with van der Waals surface area (Å²) in [5.41, 5.74) is 15.0. The second-order valence-electron chi connectivity index (χ2n) is 2.60. The smallest absolute Gasteiger partial charge is 0.148 e. The van der Waals surface area contributed by atoms with E-state index in [1.807, 2.05) is 0 Å². The molecule has 1 aromatic rings. The van der Waals surface area contributed by atoms with Crippen molar-refractivity contribution < 1.29 is 4.74 Å². The first-order valence-corrected chi connectivity index (χ1v) is 4.03. The molecule has 74 valence electrons. The van der Waals surface area contributed by atoms with Gasteiger partial charge in [-0.3, -0.25) is 4.98 Å². The Balaban J connectivity index is 2.83. The molecule has 0 spiro atoms. The number of aromatic nitrogens is 1. The minimum atomic E-state index is -0.541. The zero-order chi connectivity index (χ0) is 10.4. The summed E-state index contributed by atoms with van der Waals surface area (Å²) < 4.78 is 4.91. The number of pyridine rings is 1. The van der Waals surface area contributed by atoms with E-state index in [9.17, 15) is 0 Å². The molecule has 6 nitrogen and oxygen atoms in total. The summed E-state index contributed by atoms with van der Waals surface area (Å²) >= 11 is 0. The monoisotopic (exact) mass is 193 g/mol. The van der Waals surface area contributed by atoms with E-state index in [0.717, 1.165) is 0 Å². The molecule has 0 bridgehead atoms. The highest BCUT2D eigenvalue weighted by Gasteiger charge is 2.05. The maximum Gasteiger partial charge on any atom is 0.148 e. The first-order valence-electron chi connectivity index (χ1n) is 4.03. The van der Waals surface area contributed by atoms with Crippen molar-refractivity contribution in [3.63, 3.8) is 0 Å². The number of rotatable bonds is 4. The molecule has 0 fully saturated rings. The lowest BCUT2D eigenvalue weighted by Gasteiger charge is -2.09. The predicted octanol–water partition coefficient (Wildman–Crippen LogP) is 1.50. The van der Waals surface area contributed by atoms with E-state index in [1.165, 1.54) is 7.11 Å². The second kappa shape index (κ2) is 5.18. The molecule has 1 atom stereocenters. The highest BCUT2D eigenvalue weighted by atomic mass is 16.5. The van der Waals surface area contributed by atoms with Crippen molar-refractivity contribution in [3.8, 4) is 0 Å². The third-order valence-electron chi connectivity index (χ3n) is 1.67. The molecule has 2 N–H and O–H groups in total. The average Bonchev–Trinajstić information content (AvgIpc) is 2.25. The summed E-state index contributed by atoms with van der Waals surface area (Å²) in [7, 11) is 1.51. The molecule has 0 aliphatic carbocycles. The van der Waals surface area contributed by atoms with E-state index in [1.54, 1.807) is 18.2 Å². The maximum atomic E-state index is 8.13. The molecular weight excluding hydrogens is 182 g/mol. The second-order valence-corrected chi connectivity index (χ2v) is 2.60. The first kappa shape index (κ1) is 10.5. The number of methoxy groups -OCH3 is 1. The molecule has 14 heavy (non-hydrogen) atoms. The Morgan fingerprint density at radius 3 is 3.14 bits per heavy atom. The molecular formula is C8H11N5O. The van der Waals surface area contributed by atoms with Gasteiger partial charge in [-0.1, -0.05) is 11.2 Å². The van der Waals surface area contributed by atoms with Gasteiger partial charge in [0.05, 0.1) is 12.2 Å². The van der Waals surface area contributed by atoms with Crippen LogP contribution < -0.4 is 5.73 Å². The first-order chi connectivity index (χ1) is 6.77. The van der Waals surface area contributed by atoms with Crippen LogP contribution >= 0.6 is 0 Å². The molecule has 0 saturated heterocycles. The lowest BCUT2D eigenvalue weighted by molar-refractivity contribution is 0.105. The molecule has 0 aliphatic rings. The summed E-state index contributed by atoms with van der Waals surface area (Å²) in [5.74, 6) is 0. The van der Waals surface area contributed by atoms with Crippen LogP contribution in [0, 0.1) is 0 Å². The lowest BCUT2D eigenvalue weighted by atomic mass is 10.3. The van der Waals surface area contributed by atoms with Crippen LogP contribution in [0.15, 0.2) is 23.3 Å². The van der Waals surface area contributed by atoms with Crippen LogP contribution in [0.25, 0.3) is 10.4 Å². The minimum absolute atomic E-state index is 0.223.